The number of nitrogens with zero attached hydrogens (tertiary/aromatic N) is 1. The predicted molar refractivity (Wildman–Crippen MR) is 149 cm³/mol. The van der Waals surface area contributed by atoms with E-state index in [4.69, 9.17) is 9.47 Å². The van der Waals surface area contributed by atoms with Gasteiger partial charge in [-0.15, -0.1) is 0 Å². The Morgan fingerprint density at radius 2 is 1.68 bits per heavy atom. The Morgan fingerprint density at radius 3 is 2.37 bits per heavy atom. The minimum absolute atomic E-state index is 0.0125. The number of nitrogens with one attached hydrogen (secondary N) is 2. The van der Waals surface area contributed by atoms with E-state index in [0.717, 1.165) is 11.1 Å². The van der Waals surface area contributed by atoms with Crippen LogP contribution in [0.1, 0.15) is 24.2 Å². The van der Waals surface area contributed by atoms with E-state index in [2.05, 4.69) is 17.0 Å². The molecule has 0 bridgehead atoms. The van der Waals surface area contributed by atoms with E-state index in [1.807, 2.05) is 37.3 Å². The molecular formula is C29H35N3O5S. The predicted octanol–water partition coefficient (Wildman–Crippen LogP) is 4.25. The quantitative estimate of drug-likeness (QED) is 0.505. The lowest BCUT2D eigenvalue weighted by Gasteiger charge is -2.30. The van der Waals surface area contributed by atoms with Gasteiger partial charge in [0.2, 0.25) is 0 Å². The van der Waals surface area contributed by atoms with Crippen molar-refractivity contribution in [3.8, 4) is 16.9 Å². The van der Waals surface area contributed by atoms with Crippen molar-refractivity contribution in [3.05, 3.63) is 78.4 Å². The van der Waals surface area contributed by atoms with Crippen molar-refractivity contribution in [1.29, 1.82) is 0 Å². The zero-order valence-corrected chi connectivity index (χ0v) is 23.0. The lowest BCUT2D eigenvalue weighted by Crippen LogP contribution is -2.44. The fraction of sp³-hybridized carbons (Fsp3) is 0.345. The molecule has 0 saturated heterocycles. The van der Waals surface area contributed by atoms with Crippen molar-refractivity contribution in [2.45, 2.75) is 30.9 Å². The minimum Gasteiger partial charge on any atom is -0.491 e. The summed E-state index contributed by atoms with van der Waals surface area (Å²) in [5.74, 6) is 0.286. The van der Waals surface area contributed by atoms with Crippen LogP contribution in [-0.2, 0) is 14.8 Å². The summed E-state index contributed by atoms with van der Waals surface area (Å²) in [6.45, 7) is 5.52. The fourth-order valence-corrected chi connectivity index (χ4v) is 5.44. The second-order valence-corrected chi connectivity index (χ2v) is 11.4. The number of ether oxygens (including phenoxy) is 2. The maximum Gasteiger partial charge on any atom is 0.261 e. The molecule has 0 fully saturated rings. The van der Waals surface area contributed by atoms with E-state index in [1.165, 1.54) is 0 Å². The van der Waals surface area contributed by atoms with E-state index < -0.39 is 10.0 Å². The van der Waals surface area contributed by atoms with Crippen molar-refractivity contribution in [2.24, 2.45) is 5.92 Å². The minimum atomic E-state index is -3.86. The number of carbonyl (C=O) groups is 1. The molecule has 0 radical (unpaired) electrons. The molecule has 1 heterocycles. The lowest BCUT2D eigenvalue weighted by atomic mass is 10.0. The van der Waals surface area contributed by atoms with E-state index in [-0.39, 0.29) is 28.9 Å². The molecule has 1 amide bonds. The van der Waals surface area contributed by atoms with Gasteiger partial charge in [0.25, 0.3) is 15.9 Å². The molecule has 4 rings (SSSR count). The van der Waals surface area contributed by atoms with Crippen LogP contribution in [0, 0.1) is 5.92 Å². The number of rotatable bonds is 5. The zero-order valence-electron chi connectivity index (χ0n) is 22.2. The van der Waals surface area contributed by atoms with Crippen LogP contribution < -0.4 is 14.8 Å². The van der Waals surface area contributed by atoms with Crippen LogP contribution >= 0.6 is 0 Å². The number of anilines is 1. The Labute approximate surface area is 225 Å². The summed E-state index contributed by atoms with van der Waals surface area (Å²) in [7, 11) is -0.484. The van der Waals surface area contributed by atoms with Crippen LogP contribution in [0.15, 0.2) is 77.7 Å². The zero-order chi connectivity index (χ0) is 27.3. The molecule has 9 heteroatoms. The van der Waals surface area contributed by atoms with Gasteiger partial charge in [0.1, 0.15) is 12.4 Å². The summed E-state index contributed by atoms with van der Waals surface area (Å²) in [4.78, 5) is 15.1. The highest BCUT2D eigenvalue weighted by Gasteiger charge is 2.26. The number of fused-ring (bicyclic) bond motifs is 1. The van der Waals surface area contributed by atoms with Crippen LogP contribution in [0.4, 0.5) is 5.69 Å². The third-order valence-electron chi connectivity index (χ3n) is 6.75. The molecule has 3 aromatic rings. The first-order chi connectivity index (χ1) is 18.2. The Bertz CT molecular complexity index is 1350. The second kappa shape index (κ2) is 12.0. The number of hydrogen-bond acceptors (Lipinski definition) is 6. The Kier molecular flexibility index (Phi) is 8.71. The van der Waals surface area contributed by atoms with Crippen LogP contribution in [0.25, 0.3) is 11.1 Å². The summed E-state index contributed by atoms with van der Waals surface area (Å²) in [6.07, 6.45) is -0.133. The molecule has 8 nitrogen and oxygen atoms in total. The van der Waals surface area contributed by atoms with Crippen LogP contribution in [-0.4, -0.2) is 65.2 Å². The smallest absolute Gasteiger partial charge is 0.261 e. The third-order valence-corrected chi connectivity index (χ3v) is 8.15. The van der Waals surface area contributed by atoms with Crippen molar-refractivity contribution in [3.63, 3.8) is 0 Å². The first kappa shape index (κ1) is 27.6. The summed E-state index contributed by atoms with van der Waals surface area (Å²) in [5, 5.41) is 3.44. The van der Waals surface area contributed by atoms with E-state index in [9.17, 15) is 13.2 Å². The molecule has 0 unspecified atom stereocenters. The van der Waals surface area contributed by atoms with Crippen molar-refractivity contribution in [2.75, 3.05) is 38.6 Å². The number of benzene rings is 3. The van der Waals surface area contributed by atoms with Gasteiger partial charge in [0.05, 0.1) is 22.3 Å². The SMILES string of the molecule is CO[C@H]1CN(C)C(=O)c2ccc(NS(=O)(=O)c3ccc(-c4ccccc4)cc3)cc2OC[C@@H](C)NC[C@@H]1C. The molecule has 38 heavy (non-hydrogen) atoms. The molecule has 0 saturated carbocycles. The Morgan fingerprint density at radius 1 is 1.00 bits per heavy atom. The van der Waals surface area contributed by atoms with Crippen molar-refractivity contribution < 1.29 is 22.7 Å². The molecule has 3 aromatic carbocycles. The van der Waals surface area contributed by atoms with Gasteiger partial charge in [-0.25, -0.2) is 8.42 Å². The second-order valence-electron chi connectivity index (χ2n) is 9.76. The van der Waals surface area contributed by atoms with Crippen LogP contribution in [0.3, 0.4) is 0 Å². The first-order valence-electron chi connectivity index (χ1n) is 12.6. The van der Waals surface area contributed by atoms with Gasteiger partial charge in [-0.1, -0.05) is 49.4 Å². The monoisotopic (exact) mass is 537 g/mol. The number of sulfonamides is 1. The van der Waals surface area contributed by atoms with Crippen molar-refractivity contribution in [1.82, 2.24) is 10.2 Å². The average Bonchev–Trinajstić information content (AvgIpc) is 2.93. The highest BCUT2D eigenvalue weighted by Crippen LogP contribution is 2.28. The molecular weight excluding hydrogens is 502 g/mol. The van der Waals surface area contributed by atoms with Gasteiger partial charge in [0.15, 0.2) is 0 Å². The third kappa shape index (κ3) is 6.53. The van der Waals surface area contributed by atoms with Crippen LogP contribution in [0.2, 0.25) is 0 Å². The standard InChI is InChI=1S/C29H35N3O5S/c1-20-17-30-21(2)19-37-27-16-24(12-15-26(27)29(33)32(3)18-28(20)36-4)31-38(34,35)25-13-10-23(11-14-25)22-8-6-5-7-9-22/h5-16,20-21,28,30-31H,17-19H2,1-4H3/t20-,21+,28-/m0/s1. The van der Waals surface area contributed by atoms with Gasteiger partial charge in [-0.05, 0) is 48.2 Å². The highest BCUT2D eigenvalue weighted by atomic mass is 32.2. The molecule has 0 spiro atoms. The molecule has 0 aromatic heterocycles. The molecule has 1 aliphatic rings. The first-order valence-corrected chi connectivity index (χ1v) is 14.1. The Hall–Kier alpha value is -3.40. The summed E-state index contributed by atoms with van der Waals surface area (Å²) in [5.41, 5.74) is 2.60. The van der Waals surface area contributed by atoms with E-state index in [1.54, 1.807) is 61.5 Å². The van der Waals surface area contributed by atoms with Crippen molar-refractivity contribution >= 4 is 21.6 Å². The fourth-order valence-electron chi connectivity index (χ4n) is 4.39. The summed E-state index contributed by atoms with van der Waals surface area (Å²) in [6, 6.07) is 21.2. The van der Waals surface area contributed by atoms with Gasteiger partial charge in [-0.3, -0.25) is 9.52 Å². The van der Waals surface area contributed by atoms with E-state index >= 15 is 0 Å². The maximum atomic E-state index is 13.3. The van der Waals surface area contributed by atoms with Gasteiger partial charge in [-0.2, -0.15) is 0 Å². The lowest BCUT2D eigenvalue weighted by molar-refractivity contribution is 0.0281. The highest BCUT2D eigenvalue weighted by molar-refractivity contribution is 7.92. The summed E-state index contributed by atoms with van der Waals surface area (Å²) >= 11 is 0. The molecule has 2 N–H and O–H groups in total. The maximum absolute atomic E-state index is 13.3. The number of likely N-dealkylation sites (N-methyl/N-ethyl adjacent to an activating group) is 1. The largest absolute Gasteiger partial charge is 0.491 e. The van der Waals surface area contributed by atoms with Gasteiger partial charge >= 0.3 is 0 Å². The average molecular weight is 538 g/mol. The number of hydrogen-bond donors (Lipinski definition) is 2. The number of carbonyl (C=O) groups excluding carboxylic acids is 1. The van der Waals surface area contributed by atoms with Crippen LogP contribution in [0.5, 0.6) is 5.75 Å². The number of methoxy groups -OCH3 is 1. The molecule has 202 valence electrons. The van der Waals surface area contributed by atoms with Gasteiger partial charge in [0, 0.05) is 39.4 Å². The molecule has 1 aliphatic heterocycles. The summed E-state index contributed by atoms with van der Waals surface area (Å²) < 4.78 is 40.6. The topological polar surface area (TPSA) is 97.0 Å². The molecule has 3 atom stereocenters. The Balaban J connectivity index is 1.58. The molecule has 0 aliphatic carbocycles. The van der Waals surface area contributed by atoms with E-state index in [0.29, 0.717) is 36.7 Å². The normalized spacial score (nSPS) is 21.0. The van der Waals surface area contributed by atoms with Gasteiger partial charge < -0.3 is 19.7 Å². The number of amides is 1.